The molecule has 1 aromatic carbocycles. The number of hydrogen-bond donors (Lipinski definition) is 2. The van der Waals surface area contributed by atoms with E-state index in [4.69, 9.17) is 0 Å². The first kappa shape index (κ1) is 15.2. The molecule has 1 amide bonds. The van der Waals surface area contributed by atoms with Crippen molar-refractivity contribution in [2.45, 2.75) is 12.8 Å². The number of para-hydroxylation sites is 1. The fourth-order valence-electron chi connectivity index (χ4n) is 2.63. The summed E-state index contributed by atoms with van der Waals surface area (Å²) in [5.74, 6) is -0.696. The fraction of sp³-hybridized carbons (Fsp3) is 0.500. The minimum Gasteiger partial charge on any atom is -0.502 e. The second-order valence-electron chi connectivity index (χ2n) is 5.41. The van der Waals surface area contributed by atoms with Crippen LogP contribution in [-0.4, -0.2) is 47.5 Å². The number of hydrogen-bond acceptors (Lipinski definition) is 5. The van der Waals surface area contributed by atoms with Crippen molar-refractivity contribution in [3.8, 4) is 5.75 Å². The molecule has 0 bridgehead atoms. The zero-order valence-corrected chi connectivity index (χ0v) is 11.9. The van der Waals surface area contributed by atoms with Crippen LogP contribution >= 0.6 is 0 Å². The summed E-state index contributed by atoms with van der Waals surface area (Å²) in [6.45, 7) is 2.49. The highest BCUT2D eigenvalue weighted by Gasteiger charge is 2.22. The molecule has 0 radical (unpaired) electrons. The standard InChI is InChI=1S/C14H19N3O4/c1-16-7-3-4-10(9-16)8-15-14(19)11-5-2-6-12(13(11)18)17(20)21/h2,5-6,10,18H,3-4,7-9H2,1H3,(H,15,19). The van der Waals surface area contributed by atoms with Crippen molar-refractivity contribution in [1.82, 2.24) is 10.2 Å². The van der Waals surface area contributed by atoms with Gasteiger partial charge in [-0.05, 0) is 38.4 Å². The highest BCUT2D eigenvalue weighted by molar-refractivity contribution is 5.98. The molecule has 2 rings (SSSR count). The van der Waals surface area contributed by atoms with Gasteiger partial charge in [0.15, 0.2) is 0 Å². The van der Waals surface area contributed by atoms with Crippen LogP contribution in [-0.2, 0) is 0 Å². The highest BCUT2D eigenvalue weighted by atomic mass is 16.6. The molecule has 114 valence electrons. The Bertz CT molecular complexity index is 547. The number of carbonyl (C=O) groups is 1. The van der Waals surface area contributed by atoms with Crippen molar-refractivity contribution < 1.29 is 14.8 Å². The molecule has 0 saturated carbocycles. The van der Waals surface area contributed by atoms with Crippen LogP contribution in [0, 0.1) is 16.0 Å². The summed E-state index contributed by atoms with van der Waals surface area (Å²) < 4.78 is 0. The summed E-state index contributed by atoms with van der Waals surface area (Å²) in [5.41, 5.74) is -0.520. The second kappa shape index (κ2) is 6.53. The van der Waals surface area contributed by atoms with Crippen molar-refractivity contribution in [1.29, 1.82) is 0 Å². The average molecular weight is 293 g/mol. The normalized spacial score (nSPS) is 19.2. The number of piperidine rings is 1. The maximum Gasteiger partial charge on any atom is 0.311 e. The van der Waals surface area contributed by atoms with Crippen molar-refractivity contribution in [2.24, 2.45) is 5.92 Å². The van der Waals surface area contributed by atoms with Crippen LogP contribution in [0.2, 0.25) is 0 Å². The molecule has 0 aliphatic carbocycles. The van der Waals surface area contributed by atoms with Crippen molar-refractivity contribution in [3.05, 3.63) is 33.9 Å². The SMILES string of the molecule is CN1CCCC(CNC(=O)c2cccc([N+](=O)[O-])c2O)C1. The lowest BCUT2D eigenvalue weighted by atomic mass is 9.98. The zero-order valence-electron chi connectivity index (χ0n) is 11.9. The number of likely N-dealkylation sites (tertiary alicyclic amines) is 1. The lowest BCUT2D eigenvalue weighted by Crippen LogP contribution is -2.39. The average Bonchev–Trinajstić information content (AvgIpc) is 2.45. The van der Waals surface area contributed by atoms with Gasteiger partial charge in [-0.3, -0.25) is 14.9 Å². The van der Waals surface area contributed by atoms with E-state index in [1.165, 1.54) is 18.2 Å². The first-order chi connectivity index (χ1) is 9.99. The first-order valence-electron chi connectivity index (χ1n) is 6.92. The molecule has 0 spiro atoms. The van der Waals surface area contributed by atoms with E-state index in [2.05, 4.69) is 10.2 Å². The number of nitrogens with zero attached hydrogens (tertiary/aromatic N) is 2. The van der Waals surface area contributed by atoms with Crippen LogP contribution in [0.3, 0.4) is 0 Å². The van der Waals surface area contributed by atoms with E-state index in [0.717, 1.165) is 25.9 Å². The Kier molecular flexibility index (Phi) is 4.74. The van der Waals surface area contributed by atoms with Gasteiger partial charge < -0.3 is 15.3 Å². The predicted octanol–water partition coefficient (Wildman–Crippen LogP) is 1.37. The molecule has 1 unspecified atom stereocenters. The van der Waals surface area contributed by atoms with E-state index in [1.807, 2.05) is 7.05 Å². The van der Waals surface area contributed by atoms with Crippen LogP contribution < -0.4 is 5.32 Å². The topological polar surface area (TPSA) is 95.7 Å². The molecular formula is C14H19N3O4. The highest BCUT2D eigenvalue weighted by Crippen LogP contribution is 2.29. The molecular weight excluding hydrogens is 274 g/mol. The minimum atomic E-state index is -0.706. The Labute approximate surface area is 122 Å². The van der Waals surface area contributed by atoms with Gasteiger partial charge in [0, 0.05) is 19.2 Å². The Morgan fingerprint density at radius 2 is 2.33 bits per heavy atom. The number of rotatable bonds is 4. The summed E-state index contributed by atoms with van der Waals surface area (Å²) in [6.07, 6.45) is 2.14. The van der Waals surface area contributed by atoms with Crippen LogP contribution in [0.15, 0.2) is 18.2 Å². The van der Waals surface area contributed by atoms with Gasteiger partial charge in [0.2, 0.25) is 5.75 Å². The number of carbonyl (C=O) groups excluding carboxylic acids is 1. The van der Waals surface area contributed by atoms with Crippen molar-refractivity contribution >= 4 is 11.6 Å². The smallest absolute Gasteiger partial charge is 0.311 e. The van der Waals surface area contributed by atoms with Crippen molar-refractivity contribution in [2.75, 3.05) is 26.7 Å². The van der Waals surface area contributed by atoms with Gasteiger partial charge in [0.1, 0.15) is 0 Å². The van der Waals surface area contributed by atoms with Crippen LogP contribution in [0.1, 0.15) is 23.2 Å². The molecule has 1 aromatic rings. The molecule has 1 aliphatic rings. The molecule has 2 N–H and O–H groups in total. The number of benzene rings is 1. The Balaban J connectivity index is 2.00. The largest absolute Gasteiger partial charge is 0.502 e. The van der Waals surface area contributed by atoms with Gasteiger partial charge in [-0.25, -0.2) is 0 Å². The molecule has 7 nitrogen and oxygen atoms in total. The lowest BCUT2D eigenvalue weighted by molar-refractivity contribution is -0.385. The lowest BCUT2D eigenvalue weighted by Gasteiger charge is -2.29. The Morgan fingerprint density at radius 3 is 3.00 bits per heavy atom. The number of nitrogens with one attached hydrogen (secondary N) is 1. The summed E-state index contributed by atoms with van der Waals surface area (Å²) in [4.78, 5) is 24.3. The maximum absolute atomic E-state index is 12.1. The minimum absolute atomic E-state index is 0.0617. The predicted molar refractivity (Wildman–Crippen MR) is 77.3 cm³/mol. The van der Waals surface area contributed by atoms with E-state index in [1.54, 1.807) is 0 Å². The van der Waals surface area contributed by atoms with E-state index >= 15 is 0 Å². The monoisotopic (exact) mass is 293 g/mol. The number of phenols is 1. The number of aromatic hydroxyl groups is 1. The Hall–Kier alpha value is -2.15. The molecule has 1 fully saturated rings. The first-order valence-corrected chi connectivity index (χ1v) is 6.92. The van der Waals surface area contributed by atoms with Gasteiger partial charge in [0.05, 0.1) is 10.5 Å². The van der Waals surface area contributed by atoms with E-state index in [-0.39, 0.29) is 5.56 Å². The molecule has 1 saturated heterocycles. The summed E-state index contributed by atoms with van der Waals surface area (Å²) in [6, 6.07) is 3.94. The van der Waals surface area contributed by atoms with Crippen LogP contribution in [0.25, 0.3) is 0 Å². The second-order valence-corrected chi connectivity index (χ2v) is 5.41. The Morgan fingerprint density at radius 1 is 1.57 bits per heavy atom. The van der Waals surface area contributed by atoms with Gasteiger partial charge in [0.25, 0.3) is 5.91 Å². The molecule has 21 heavy (non-hydrogen) atoms. The number of nitro benzene ring substituents is 1. The van der Waals surface area contributed by atoms with E-state index < -0.39 is 22.3 Å². The number of amides is 1. The molecule has 1 atom stereocenters. The van der Waals surface area contributed by atoms with Crippen LogP contribution in [0.5, 0.6) is 5.75 Å². The third kappa shape index (κ3) is 3.69. The molecule has 7 heteroatoms. The van der Waals surface area contributed by atoms with E-state index in [0.29, 0.717) is 12.5 Å². The van der Waals surface area contributed by atoms with Gasteiger partial charge in [-0.2, -0.15) is 0 Å². The maximum atomic E-state index is 12.1. The molecule has 0 aromatic heterocycles. The molecule has 1 heterocycles. The fourth-order valence-corrected chi connectivity index (χ4v) is 2.63. The molecule has 1 aliphatic heterocycles. The zero-order chi connectivity index (χ0) is 15.4. The van der Waals surface area contributed by atoms with Crippen LogP contribution in [0.4, 0.5) is 5.69 Å². The third-order valence-corrected chi connectivity index (χ3v) is 3.73. The van der Waals surface area contributed by atoms with E-state index in [9.17, 15) is 20.0 Å². The summed E-state index contributed by atoms with van der Waals surface area (Å²) in [5, 5.41) is 23.3. The summed E-state index contributed by atoms with van der Waals surface area (Å²) in [7, 11) is 2.04. The number of phenolic OH excluding ortho intramolecular Hbond substituents is 1. The van der Waals surface area contributed by atoms with Crippen molar-refractivity contribution in [3.63, 3.8) is 0 Å². The van der Waals surface area contributed by atoms with Gasteiger partial charge in [-0.1, -0.05) is 6.07 Å². The van der Waals surface area contributed by atoms with Gasteiger partial charge >= 0.3 is 5.69 Å². The van der Waals surface area contributed by atoms with Gasteiger partial charge in [-0.15, -0.1) is 0 Å². The summed E-state index contributed by atoms with van der Waals surface area (Å²) >= 11 is 0. The number of nitro groups is 1. The third-order valence-electron chi connectivity index (χ3n) is 3.73. The quantitative estimate of drug-likeness (QED) is 0.645.